The molecule has 0 saturated heterocycles. The smallest absolute Gasteiger partial charge is 0.0727 e. The van der Waals surface area contributed by atoms with Crippen LogP contribution in [0.1, 0.15) is 0 Å². The van der Waals surface area contributed by atoms with Crippen LogP contribution in [0.15, 0.2) is 133 Å². The molecule has 8 rings (SSSR count). The Labute approximate surface area is 230 Å². The summed E-state index contributed by atoms with van der Waals surface area (Å²) in [6, 6.07) is 47.7. The summed E-state index contributed by atoms with van der Waals surface area (Å²) in [5, 5.41) is 4.91. The fraction of sp³-hybridized carbons (Fsp3) is 0. The zero-order valence-electron chi connectivity index (χ0n) is 21.1. The van der Waals surface area contributed by atoms with Gasteiger partial charge in [0.25, 0.3) is 0 Å². The van der Waals surface area contributed by atoms with E-state index >= 15 is 0 Å². The lowest BCUT2D eigenvalue weighted by atomic mass is 9.95. The number of hydrogen-bond acceptors (Lipinski definition) is 2. The number of para-hydroxylation sites is 1. The van der Waals surface area contributed by atoms with E-state index in [4.69, 9.17) is 5.73 Å². The summed E-state index contributed by atoms with van der Waals surface area (Å²) in [4.78, 5) is 0. The van der Waals surface area contributed by atoms with Gasteiger partial charge in [0.2, 0.25) is 0 Å². The number of nitrogens with zero attached hydrogens (tertiary/aromatic N) is 1. The molecular formula is C36H24N2S. The van der Waals surface area contributed by atoms with Gasteiger partial charge in [0.05, 0.1) is 15.7 Å². The van der Waals surface area contributed by atoms with Crippen molar-refractivity contribution >= 4 is 59.0 Å². The van der Waals surface area contributed by atoms with Gasteiger partial charge in [0.1, 0.15) is 0 Å². The SMILES string of the molecule is Nc1cc2ccccc2cc1-c1cc(-c2ccccc2)cc(-n2c3ccccc3c3sc4ccccc4c32)c1. The van der Waals surface area contributed by atoms with Crippen LogP contribution in [-0.4, -0.2) is 4.57 Å². The van der Waals surface area contributed by atoms with Gasteiger partial charge >= 0.3 is 0 Å². The number of benzene rings is 6. The van der Waals surface area contributed by atoms with E-state index in [9.17, 15) is 0 Å². The molecule has 2 nitrogen and oxygen atoms in total. The first-order valence-corrected chi connectivity index (χ1v) is 14.0. The normalized spacial score (nSPS) is 11.7. The first-order chi connectivity index (χ1) is 19.2. The molecule has 2 N–H and O–H groups in total. The third-order valence-corrected chi connectivity index (χ3v) is 8.89. The monoisotopic (exact) mass is 516 g/mol. The number of anilines is 1. The highest BCUT2D eigenvalue weighted by Gasteiger charge is 2.19. The largest absolute Gasteiger partial charge is 0.398 e. The third kappa shape index (κ3) is 3.48. The minimum atomic E-state index is 0.786. The number of aromatic nitrogens is 1. The van der Waals surface area contributed by atoms with Crippen molar-refractivity contribution in [2.24, 2.45) is 0 Å². The molecule has 2 aromatic heterocycles. The summed E-state index contributed by atoms with van der Waals surface area (Å²) in [6.07, 6.45) is 0. The van der Waals surface area contributed by atoms with Gasteiger partial charge in [-0.3, -0.25) is 0 Å². The number of fused-ring (bicyclic) bond motifs is 6. The summed E-state index contributed by atoms with van der Waals surface area (Å²) in [6.45, 7) is 0. The highest BCUT2D eigenvalue weighted by molar-refractivity contribution is 7.26. The van der Waals surface area contributed by atoms with Gasteiger partial charge in [-0.25, -0.2) is 0 Å². The second kappa shape index (κ2) is 8.59. The summed E-state index contributed by atoms with van der Waals surface area (Å²) >= 11 is 1.87. The van der Waals surface area contributed by atoms with Crippen molar-refractivity contribution < 1.29 is 0 Å². The van der Waals surface area contributed by atoms with E-state index in [-0.39, 0.29) is 0 Å². The fourth-order valence-electron chi connectivity index (χ4n) is 5.89. The van der Waals surface area contributed by atoms with Crippen LogP contribution >= 0.6 is 11.3 Å². The average Bonchev–Trinajstić information content (AvgIpc) is 3.52. The lowest BCUT2D eigenvalue weighted by molar-refractivity contribution is 1.19. The number of nitrogen functional groups attached to an aromatic ring is 1. The van der Waals surface area contributed by atoms with E-state index < -0.39 is 0 Å². The molecular weight excluding hydrogens is 492 g/mol. The Balaban J connectivity index is 1.48. The van der Waals surface area contributed by atoms with Crippen molar-refractivity contribution in [1.29, 1.82) is 0 Å². The standard InChI is InChI=1S/C36H24N2S/c37-32-22-25-13-5-4-12-24(25)21-31(32)27-18-26(23-10-2-1-3-11-23)19-28(20-27)38-33-16-8-6-14-29(33)36-35(38)30-15-7-9-17-34(30)39-36/h1-22H,37H2. The maximum Gasteiger partial charge on any atom is 0.0727 e. The number of nitrogens with two attached hydrogens (primary N) is 1. The van der Waals surface area contributed by atoms with E-state index in [1.165, 1.54) is 47.7 Å². The van der Waals surface area contributed by atoms with Gasteiger partial charge < -0.3 is 10.3 Å². The highest BCUT2D eigenvalue weighted by atomic mass is 32.1. The van der Waals surface area contributed by atoms with Crippen molar-refractivity contribution in [3.05, 3.63) is 133 Å². The molecule has 3 heteroatoms. The molecule has 0 unspecified atom stereocenters. The molecule has 0 bridgehead atoms. The van der Waals surface area contributed by atoms with E-state index in [1.54, 1.807) is 0 Å². The maximum atomic E-state index is 6.71. The molecule has 0 atom stereocenters. The molecule has 0 amide bonds. The van der Waals surface area contributed by atoms with Crippen molar-refractivity contribution in [3.8, 4) is 27.9 Å². The summed E-state index contributed by atoms with van der Waals surface area (Å²) in [5.74, 6) is 0. The lowest BCUT2D eigenvalue weighted by Gasteiger charge is -2.15. The molecule has 0 aliphatic heterocycles. The van der Waals surface area contributed by atoms with Crippen molar-refractivity contribution in [2.45, 2.75) is 0 Å². The molecule has 0 spiro atoms. The molecule has 0 saturated carbocycles. The van der Waals surface area contributed by atoms with E-state index in [0.717, 1.165) is 27.9 Å². The second-order valence-corrected chi connectivity index (χ2v) is 11.1. The quantitative estimate of drug-likeness (QED) is 0.233. The number of hydrogen-bond donors (Lipinski definition) is 1. The Hall–Kier alpha value is -4.86. The molecule has 2 heterocycles. The highest BCUT2D eigenvalue weighted by Crippen LogP contribution is 2.43. The Morgan fingerprint density at radius 1 is 0.538 bits per heavy atom. The van der Waals surface area contributed by atoms with Gasteiger partial charge in [0.15, 0.2) is 0 Å². The van der Waals surface area contributed by atoms with Crippen molar-refractivity contribution in [1.82, 2.24) is 4.57 Å². The van der Waals surface area contributed by atoms with Crippen molar-refractivity contribution in [3.63, 3.8) is 0 Å². The molecule has 6 aromatic carbocycles. The van der Waals surface area contributed by atoms with Crippen LogP contribution in [0.3, 0.4) is 0 Å². The first-order valence-electron chi connectivity index (χ1n) is 13.1. The molecule has 184 valence electrons. The van der Waals surface area contributed by atoms with Gasteiger partial charge in [-0.1, -0.05) is 91.0 Å². The zero-order chi connectivity index (χ0) is 25.9. The molecule has 0 aliphatic carbocycles. The summed E-state index contributed by atoms with van der Waals surface area (Å²) in [7, 11) is 0. The number of rotatable bonds is 3. The van der Waals surface area contributed by atoms with Gasteiger partial charge in [-0.15, -0.1) is 11.3 Å². The summed E-state index contributed by atoms with van der Waals surface area (Å²) in [5.41, 5.74) is 15.6. The van der Waals surface area contributed by atoms with Gasteiger partial charge in [0, 0.05) is 32.4 Å². The molecule has 39 heavy (non-hydrogen) atoms. The second-order valence-electron chi connectivity index (χ2n) is 10.0. The van der Waals surface area contributed by atoms with E-state index in [0.29, 0.717) is 0 Å². The Bertz CT molecular complexity index is 2180. The minimum Gasteiger partial charge on any atom is -0.398 e. The first kappa shape index (κ1) is 22.2. The van der Waals surface area contributed by atoms with Crippen LogP contribution in [0.25, 0.3) is 69.9 Å². The fourth-order valence-corrected chi connectivity index (χ4v) is 7.11. The maximum absolute atomic E-state index is 6.71. The Kier molecular flexibility index (Phi) is 4.88. The van der Waals surface area contributed by atoms with Crippen LogP contribution in [0.2, 0.25) is 0 Å². The average molecular weight is 517 g/mol. The van der Waals surface area contributed by atoms with Crippen LogP contribution in [0, 0.1) is 0 Å². The van der Waals surface area contributed by atoms with E-state index in [1.807, 2.05) is 11.3 Å². The van der Waals surface area contributed by atoms with Crippen LogP contribution in [0.5, 0.6) is 0 Å². The van der Waals surface area contributed by atoms with E-state index in [2.05, 4.69) is 138 Å². The predicted molar refractivity (Wildman–Crippen MR) is 169 cm³/mol. The lowest BCUT2D eigenvalue weighted by Crippen LogP contribution is -1.97. The topological polar surface area (TPSA) is 30.9 Å². The van der Waals surface area contributed by atoms with Crippen molar-refractivity contribution in [2.75, 3.05) is 5.73 Å². The molecule has 8 aromatic rings. The third-order valence-electron chi connectivity index (χ3n) is 7.69. The van der Waals surface area contributed by atoms with Gasteiger partial charge in [-0.2, -0.15) is 0 Å². The van der Waals surface area contributed by atoms with Gasteiger partial charge in [-0.05, 0) is 69.9 Å². The minimum absolute atomic E-state index is 0.786. The number of thiophene rings is 1. The van der Waals surface area contributed by atoms with Crippen LogP contribution < -0.4 is 5.73 Å². The zero-order valence-corrected chi connectivity index (χ0v) is 22.0. The van der Waals surface area contributed by atoms with Crippen LogP contribution in [-0.2, 0) is 0 Å². The predicted octanol–water partition coefficient (Wildman–Crippen LogP) is 10.1. The molecule has 0 aliphatic rings. The Morgan fingerprint density at radius 3 is 2.05 bits per heavy atom. The molecule has 0 radical (unpaired) electrons. The van der Waals surface area contributed by atoms with Crippen LogP contribution in [0.4, 0.5) is 5.69 Å². The molecule has 0 fully saturated rings. The summed E-state index contributed by atoms with van der Waals surface area (Å²) < 4.78 is 5.07. The Morgan fingerprint density at radius 2 is 1.21 bits per heavy atom.